The maximum Gasteiger partial charge on any atom is 0.182 e. The predicted octanol–water partition coefficient (Wildman–Crippen LogP) is 4.68. The topological polar surface area (TPSA) is 12.0 Å². The van der Waals surface area contributed by atoms with E-state index in [2.05, 4.69) is 5.32 Å². The van der Waals surface area contributed by atoms with Crippen LogP contribution in [0.3, 0.4) is 0 Å². The molecule has 1 nitrogen and oxygen atoms in total. The highest BCUT2D eigenvalue weighted by molar-refractivity contribution is 6.30. The fourth-order valence-electron chi connectivity index (χ4n) is 1.73. The molecule has 0 radical (unpaired) electrons. The van der Waals surface area contributed by atoms with Crippen molar-refractivity contribution in [2.24, 2.45) is 0 Å². The second-order valence-electron chi connectivity index (χ2n) is 4.17. The minimum absolute atomic E-state index is 0.202. The fourth-order valence-corrected chi connectivity index (χ4v) is 1.96. The molecule has 0 fully saturated rings. The van der Waals surface area contributed by atoms with E-state index in [0.29, 0.717) is 11.1 Å². The highest BCUT2D eigenvalue weighted by Gasteiger charge is 2.11. The maximum absolute atomic E-state index is 13.4. The molecule has 0 saturated carbocycles. The average Bonchev–Trinajstić information content (AvgIpc) is 2.33. The SMILES string of the molecule is Cc1cc(Cl)ccc1CNc1cc(F)cc(F)c1F. The number of hydrogen-bond acceptors (Lipinski definition) is 1. The molecule has 2 aromatic carbocycles. The summed E-state index contributed by atoms with van der Waals surface area (Å²) in [5, 5.41) is 3.27. The Balaban J connectivity index is 2.19. The summed E-state index contributed by atoms with van der Waals surface area (Å²) in [6.45, 7) is 2.11. The first-order chi connectivity index (χ1) is 8.97. The van der Waals surface area contributed by atoms with E-state index in [9.17, 15) is 13.2 Å². The van der Waals surface area contributed by atoms with Crippen molar-refractivity contribution in [2.45, 2.75) is 13.5 Å². The number of aryl methyl sites for hydroxylation is 1. The number of nitrogens with one attached hydrogen (secondary N) is 1. The average molecular weight is 286 g/mol. The van der Waals surface area contributed by atoms with Gasteiger partial charge in [-0.2, -0.15) is 0 Å². The Kier molecular flexibility index (Phi) is 4.00. The zero-order valence-corrected chi connectivity index (χ0v) is 10.9. The molecule has 0 unspecified atom stereocenters. The van der Waals surface area contributed by atoms with E-state index in [1.54, 1.807) is 18.2 Å². The summed E-state index contributed by atoms with van der Waals surface area (Å²) in [5.74, 6) is -3.13. The van der Waals surface area contributed by atoms with Gasteiger partial charge in [-0.1, -0.05) is 17.7 Å². The van der Waals surface area contributed by atoms with Crippen LogP contribution in [0.5, 0.6) is 0 Å². The van der Waals surface area contributed by atoms with Crippen LogP contribution in [0.2, 0.25) is 5.02 Å². The van der Waals surface area contributed by atoms with Gasteiger partial charge in [0, 0.05) is 23.7 Å². The first-order valence-electron chi connectivity index (χ1n) is 5.61. The lowest BCUT2D eigenvalue weighted by Crippen LogP contribution is -2.04. The molecule has 0 atom stereocenters. The van der Waals surface area contributed by atoms with Crippen LogP contribution >= 0.6 is 11.6 Å². The monoisotopic (exact) mass is 285 g/mol. The van der Waals surface area contributed by atoms with Crippen LogP contribution in [0, 0.1) is 24.4 Å². The first kappa shape index (κ1) is 13.7. The normalized spacial score (nSPS) is 10.6. The second kappa shape index (κ2) is 5.53. The molecule has 0 heterocycles. The molecule has 0 aliphatic rings. The molecule has 0 aliphatic heterocycles. The minimum Gasteiger partial charge on any atom is -0.378 e. The summed E-state index contributed by atoms with van der Waals surface area (Å²) < 4.78 is 39.5. The Hall–Kier alpha value is -1.68. The lowest BCUT2D eigenvalue weighted by Gasteiger charge is -2.10. The van der Waals surface area contributed by atoms with Crippen molar-refractivity contribution in [2.75, 3.05) is 5.32 Å². The molecule has 0 spiro atoms. The quantitative estimate of drug-likeness (QED) is 0.808. The van der Waals surface area contributed by atoms with E-state index in [0.717, 1.165) is 17.2 Å². The van der Waals surface area contributed by atoms with Gasteiger partial charge in [-0.3, -0.25) is 0 Å². The van der Waals surface area contributed by atoms with Crippen LogP contribution in [-0.4, -0.2) is 0 Å². The maximum atomic E-state index is 13.4. The number of benzene rings is 2. The van der Waals surface area contributed by atoms with Gasteiger partial charge < -0.3 is 5.32 Å². The Morgan fingerprint density at radius 2 is 1.84 bits per heavy atom. The van der Waals surface area contributed by atoms with Crippen LogP contribution in [-0.2, 0) is 6.54 Å². The number of anilines is 1. The van der Waals surface area contributed by atoms with Crippen LogP contribution in [0.25, 0.3) is 0 Å². The number of rotatable bonds is 3. The van der Waals surface area contributed by atoms with Crippen molar-refractivity contribution in [3.05, 3.63) is 63.9 Å². The molecule has 0 aromatic heterocycles. The molecule has 2 rings (SSSR count). The van der Waals surface area contributed by atoms with Gasteiger partial charge in [-0.15, -0.1) is 0 Å². The molecule has 0 aliphatic carbocycles. The first-order valence-corrected chi connectivity index (χ1v) is 5.98. The van der Waals surface area contributed by atoms with Crippen molar-refractivity contribution in [3.63, 3.8) is 0 Å². The molecular formula is C14H11ClF3N. The largest absolute Gasteiger partial charge is 0.378 e. The minimum atomic E-state index is -1.21. The Bertz CT molecular complexity index is 614. The van der Waals surface area contributed by atoms with Crippen molar-refractivity contribution < 1.29 is 13.2 Å². The van der Waals surface area contributed by atoms with Crippen LogP contribution in [0.1, 0.15) is 11.1 Å². The van der Waals surface area contributed by atoms with Gasteiger partial charge in [0.15, 0.2) is 11.6 Å². The molecular weight excluding hydrogens is 275 g/mol. The predicted molar refractivity (Wildman–Crippen MR) is 69.8 cm³/mol. The van der Waals surface area contributed by atoms with Crippen LogP contribution in [0.4, 0.5) is 18.9 Å². The zero-order chi connectivity index (χ0) is 14.0. The molecule has 5 heteroatoms. The summed E-state index contributed by atoms with van der Waals surface area (Å²) in [6, 6.07) is 6.67. The van der Waals surface area contributed by atoms with Gasteiger partial charge in [-0.05, 0) is 30.2 Å². The number of halogens is 4. The third-order valence-electron chi connectivity index (χ3n) is 2.77. The second-order valence-corrected chi connectivity index (χ2v) is 4.61. The van der Waals surface area contributed by atoms with Gasteiger partial charge in [0.05, 0.1) is 5.69 Å². The van der Waals surface area contributed by atoms with E-state index in [1.165, 1.54) is 0 Å². The zero-order valence-electron chi connectivity index (χ0n) is 10.1. The molecule has 100 valence electrons. The summed E-state index contributed by atoms with van der Waals surface area (Å²) >= 11 is 5.82. The standard InChI is InChI=1S/C14H11ClF3N/c1-8-4-10(15)3-2-9(8)7-19-13-6-11(16)5-12(17)14(13)18/h2-6,19H,7H2,1H3. The van der Waals surface area contributed by atoms with Gasteiger partial charge >= 0.3 is 0 Å². The molecule has 0 bridgehead atoms. The Morgan fingerprint density at radius 3 is 2.53 bits per heavy atom. The lowest BCUT2D eigenvalue weighted by atomic mass is 10.1. The third kappa shape index (κ3) is 3.20. The molecule has 19 heavy (non-hydrogen) atoms. The van der Waals surface area contributed by atoms with Gasteiger partial charge in [0.25, 0.3) is 0 Å². The summed E-state index contributed by atoms with van der Waals surface area (Å²) in [7, 11) is 0. The summed E-state index contributed by atoms with van der Waals surface area (Å²) in [5.41, 5.74) is 1.58. The van der Waals surface area contributed by atoms with Gasteiger partial charge in [0.1, 0.15) is 5.82 Å². The molecule has 2 aromatic rings. The Labute approximate surface area is 114 Å². The van der Waals surface area contributed by atoms with Crippen LogP contribution < -0.4 is 5.32 Å². The highest BCUT2D eigenvalue weighted by atomic mass is 35.5. The summed E-state index contributed by atoms with van der Waals surface area (Å²) in [6.07, 6.45) is 0. The van der Waals surface area contributed by atoms with E-state index >= 15 is 0 Å². The lowest BCUT2D eigenvalue weighted by molar-refractivity contribution is 0.497. The Morgan fingerprint density at radius 1 is 1.11 bits per heavy atom. The van der Waals surface area contributed by atoms with Crippen molar-refractivity contribution >= 4 is 17.3 Å². The van der Waals surface area contributed by atoms with Crippen LogP contribution in [0.15, 0.2) is 30.3 Å². The van der Waals surface area contributed by atoms with Crippen molar-refractivity contribution in [1.29, 1.82) is 0 Å². The summed E-state index contributed by atoms with van der Waals surface area (Å²) in [4.78, 5) is 0. The molecule has 0 saturated heterocycles. The van der Waals surface area contributed by atoms with E-state index < -0.39 is 17.5 Å². The molecule has 1 N–H and O–H groups in total. The highest BCUT2D eigenvalue weighted by Crippen LogP contribution is 2.21. The number of hydrogen-bond donors (Lipinski definition) is 1. The van der Waals surface area contributed by atoms with Gasteiger partial charge in [-0.25, -0.2) is 13.2 Å². The fraction of sp³-hybridized carbons (Fsp3) is 0.143. The van der Waals surface area contributed by atoms with Crippen molar-refractivity contribution in [1.82, 2.24) is 0 Å². The third-order valence-corrected chi connectivity index (χ3v) is 3.00. The van der Waals surface area contributed by atoms with E-state index in [1.807, 2.05) is 6.92 Å². The van der Waals surface area contributed by atoms with Gasteiger partial charge in [0.2, 0.25) is 0 Å². The smallest absolute Gasteiger partial charge is 0.182 e. The van der Waals surface area contributed by atoms with Crippen molar-refractivity contribution in [3.8, 4) is 0 Å². The van der Waals surface area contributed by atoms with E-state index in [-0.39, 0.29) is 12.2 Å². The van der Waals surface area contributed by atoms with E-state index in [4.69, 9.17) is 11.6 Å². The molecule has 0 amide bonds.